The molecular weight excluding hydrogens is 442 g/mol. The normalized spacial score (nSPS) is 18.8. The number of carbonyl (C=O) groups excluding carboxylic acids is 2. The third-order valence-corrected chi connectivity index (χ3v) is 8.13. The monoisotopic (exact) mass is 471 g/mol. The van der Waals surface area contributed by atoms with E-state index < -0.39 is 15.9 Å². The number of sulfonamides is 1. The van der Waals surface area contributed by atoms with Gasteiger partial charge in [-0.3, -0.25) is 9.59 Å². The largest absolute Gasteiger partial charge is 0.497 e. The summed E-state index contributed by atoms with van der Waals surface area (Å²) in [5.41, 5.74) is 2.89. The molecule has 1 fully saturated rings. The molecule has 0 saturated carbocycles. The Kier molecular flexibility index (Phi) is 6.99. The number of ether oxygens (including phenoxy) is 1. The van der Waals surface area contributed by atoms with Crippen LogP contribution in [-0.2, 0) is 32.6 Å². The second kappa shape index (κ2) is 9.93. The first kappa shape index (κ1) is 23.3. The van der Waals surface area contributed by atoms with Crippen molar-refractivity contribution < 1.29 is 22.7 Å². The van der Waals surface area contributed by atoms with Crippen molar-refractivity contribution in [1.29, 1.82) is 0 Å². The molecule has 2 aliphatic rings. The van der Waals surface area contributed by atoms with Gasteiger partial charge < -0.3 is 15.0 Å². The van der Waals surface area contributed by atoms with Gasteiger partial charge in [0.15, 0.2) is 0 Å². The smallest absolute Gasteiger partial charge is 0.227 e. The highest BCUT2D eigenvalue weighted by Gasteiger charge is 2.35. The van der Waals surface area contributed by atoms with E-state index in [2.05, 4.69) is 5.32 Å². The van der Waals surface area contributed by atoms with Crippen molar-refractivity contribution in [3.63, 3.8) is 0 Å². The Bertz CT molecular complexity index is 1120. The fourth-order valence-electron chi connectivity index (χ4n) is 4.35. The van der Waals surface area contributed by atoms with Gasteiger partial charge in [-0.25, -0.2) is 8.42 Å². The first-order valence-corrected chi connectivity index (χ1v) is 12.7. The van der Waals surface area contributed by atoms with Crippen LogP contribution in [0.4, 0.5) is 5.69 Å². The van der Waals surface area contributed by atoms with Gasteiger partial charge in [0.1, 0.15) is 5.75 Å². The molecule has 2 heterocycles. The molecule has 1 atom stereocenters. The van der Waals surface area contributed by atoms with Gasteiger partial charge in [-0.2, -0.15) is 4.31 Å². The van der Waals surface area contributed by atoms with Gasteiger partial charge in [0.2, 0.25) is 21.8 Å². The molecule has 1 N–H and O–H groups in total. The van der Waals surface area contributed by atoms with Crippen LogP contribution in [-0.4, -0.2) is 57.0 Å². The minimum Gasteiger partial charge on any atom is -0.497 e. The fraction of sp³-hybridized carbons (Fsp3) is 0.417. The van der Waals surface area contributed by atoms with Crippen LogP contribution in [0, 0.1) is 5.92 Å². The van der Waals surface area contributed by atoms with Gasteiger partial charge >= 0.3 is 0 Å². The quantitative estimate of drug-likeness (QED) is 0.594. The zero-order valence-electron chi connectivity index (χ0n) is 18.7. The highest BCUT2D eigenvalue weighted by molar-refractivity contribution is 7.89. The lowest BCUT2D eigenvalue weighted by atomic mass is 10.0. The van der Waals surface area contributed by atoms with E-state index in [1.165, 1.54) is 4.31 Å². The molecule has 1 unspecified atom stereocenters. The van der Waals surface area contributed by atoms with E-state index in [1.54, 1.807) is 12.0 Å². The molecule has 2 aliphatic heterocycles. The van der Waals surface area contributed by atoms with Crippen LogP contribution in [0.15, 0.2) is 48.5 Å². The van der Waals surface area contributed by atoms with Crippen molar-refractivity contribution in [3.05, 3.63) is 59.7 Å². The second-order valence-corrected chi connectivity index (χ2v) is 10.5. The van der Waals surface area contributed by atoms with Crippen molar-refractivity contribution in [3.8, 4) is 5.75 Å². The molecule has 0 spiro atoms. The molecule has 33 heavy (non-hydrogen) atoms. The zero-order chi connectivity index (χ0) is 23.4. The van der Waals surface area contributed by atoms with Crippen LogP contribution in [0.2, 0.25) is 0 Å². The number of hydrogen-bond acceptors (Lipinski definition) is 5. The summed E-state index contributed by atoms with van der Waals surface area (Å²) in [4.78, 5) is 26.5. The summed E-state index contributed by atoms with van der Waals surface area (Å²) in [6, 6.07) is 15.0. The molecule has 0 bridgehead atoms. The van der Waals surface area contributed by atoms with E-state index in [-0.39, 0.29) is 30.5 Å². The Hall–Kier alpha value is -2.91. The summed E-state index contributed by atoms with van der Waals surface area (Å²) in [5, 5.41) is 2.81. The van der Waals surface area contributed by atoms with Gasteiger partial charge in [0, 0.05) is 38.3 Å². The summed E-state index contributed by atoms with van der Waals surface area (Å²) in [6.45, 7) is 1.39. The predicted octanol–water partition coefficient (Wildman–Crippen LogP) is 1.94. The minimum absolute atomic E-state index is 0.0293. The Labute approximate surface area is 194 Å². The van der Waals surface area contributed by atoms with Crippen LogP contribution in [0.5, 0.6) is 5.75 Å². The topological polar surface area (TPSA) is 96.0 Å². The average molecular weight is 472 g/mol. The molecular formula is C24H29N3O5S. The number of methoxy groups -OCH3 is 1. The number of benzene rings is 2. The van der Waals surface area contributed by atoms with E-state index in [1.807, 2.05) is 48.5 Å². The summed E-state index contributed by atoms with van der Waals surface area (Å²) in [6.07, 6.45) is 1.14. The molecule has 0 radical (unpaired) electrons. The standard InChI is InChI=1S/C24H29N3O5S/c1-32-22-9-8-19-16-26(12-10-18(19)14-22)33(30,31)13-5-11-25-24(29)20-15-23(28)27(17-20)21-6-3-2-4-7-21/h2-4,6-9,14,20H,5,10-13,15-17H2,1H3,(H,25,29). The van der Waals surface area contributed by atoms with E-state index in [4.69, 9.17) is 4.74 Å². The SMILES string of the molecule is COc1ccc2c(c1)CCN(S(=O)(=O)CCCNC(=O)C1CC(=O)N(c3ccccc3)C1)C2. The third kappa shape index (κ3) is 5.36. The number of amides is 2. The summed E-state index contributed by atoms with van der Waals surface area (Å²) in [5.74, 6) is 0.0342. The molecule has 0 aliphatic carbocycles. The number of hydrogen-bond donors (Lipinski definition) is 1. The first-order valence-electron chi connectivity index (χ1n) is 11.1. The number of nitrogens with zero attached hydrogens (tertiary/aromatic N) is 2. The lowest BCUT2D eigenvalue weighted by Crippen LogP contribution is -2.38. The van der Waals surface area contributed by atoms with Crippen molar-refractivity contribution in [2.45, 2.75) is 25.8 Å². The maximum absolute atomic E-state index is 12.8. The van der Waals surface area contributed by atoms with Crippen LogP contribution < -0.4 is 15.0 Å². The summed E-state index contributed by atoms with van der Waals surface area (Å²) < 4.78 is 32.4. The number of carbonyl (C=O) groups is 2. The van der Waals surface area contributed by atoms with Crippen LogP contribution in [0.1, 0.15) is 24.0 Å². The maximum atomic E-state index is 12.8. The molecule has 2 aromatic rings. The number of para-hydroxylation sites is 1. The molecule has 0 aromatic heterocycles. The van der Waals surface area contributed by atoms with E-state index in [0.29, 0.717) is 32.5 Å². The number of fused-ring (bicyclic) bond motifs is 1. The molecule has 176 valence electrons. The van der Waals surface area contributed by atoms with Gasteiger partial charge in [0.25, 0.3) is 0 Å². The van der Waals surface area contributed by atoms with Gasteiger partial charge in [0.05, 0.1) is 18.8 Å². The van der Waals surface area contributed by atoms with Crippen molar-refractivity contribution in [2.75, 3.05) is 37.4 Å². The van der Waals surface area contributed by atoms with Crippen molar-refractivity contribution in [1.82, 2.24) is 9.62 Å². The van der Waals surface area contributed by atoms with Crippen LogP contribution >= 0.6 is 0 Å². The fourth-order valence-corrected chi connectivity index (χ4v) is 5.82. The average Bonchev–Trinajstić information content (AvgIpc) is 3.23. The van der Waals surface area contributed by atoms with Gasteiger partial charge in [-0.1, -0.05) is 24.3 Å². The van der Waals surface area contributed by atoms with E-state index in [9.17, 15) is 18.0 Å². The lowest BCUT2D eigenvalue weighted by molar-refractivity contribution is -0.126. The second-order valence-electron chi connectivity index (χ2n) is 8.42. The van der Waals surface area contributed by atoms with Crippen LogP contribution in [0.25, 0.3) is 0 Å². The van der Waals surface area contributed by atoms with E-state index >= 15 is 0 Å². The minimum atomic E-state index is -3.42. The van der Waals surface area contributed by atoms with E-state index in [0.717, 1.165) is 22.6 Å². The highest BCUT2D eigenvalue weighted by atomic mass is 32.2. The third-order valence-electron chi connectivity index (χ3n) is 6.23. The lowest BCUT2D eigenvalue weighted by Gasteiger charge is -2.28. The van der Waals surface area contributed by atoms with Crippen molar-refractivity contribution in [2.24, 2.45) is 5.92 Å². The predicted molar refractivity (Wildman–Crippen MR) is 125 cm³/mol. The van der Waals surface area contributed by atoms with Gasteiger partial charge in [-0.15, -0.1) is 0 Å². The maximum Gasteiger partial charge on any atom is 0.227 e. The molecule has 2 aromatic carbocycles. The first-order chi connectivity index (χ1) is 15.9. The molecule has 8 nitrogen and oxygen atoms in total. The summed E-state index contributed by atoms with van der Waals surface area (Å²) >= 11 is 0. The number of rotatable bonds is 8. The van der Waals surface area contributed by atoms with Gasteiger partial charge in [-0.05, 0) is 48.2 Å². The Morgan fingerprint density at radius 2 is 1.94 bits per heavy atom. The summed E-state index contributed by atoms with van der Waals surface area (Å²) in [7, 11) is -1.81. The molecule has 4 rings (SSSR count). The zero-order valence-corrected chi connectivity index (χ0v) is 19.5. The van der Waals surface area contributed by atoms with Crippen LogP contribution in [0.3, 0.4) is 0 Å². The Morgan fingerprint density at radius 1 is 1.15 bits per heavy atom. The molecule has 1 saturated heterocycles. The van der Waals surface area contributed by atoms with Crippen molar-refractivity contribution >= 4 is 27.5 Å². The highest BCUT2D eigenvalue weighted by Crippen LogP contribution is 2.26. The number of anilines is 1. The Morgan fingerprint density at radius 3 is 2.70 bits per heavy atom. The Balaban J connectivity index is 1.24. The molecule has 2 amide bonds. The number of nitrogens with one attached hydrogen (secondary N) is 1. The molecule has 9 heteroatoms.